The van der Waals surface area contributed by atoms with Gasteiger partial charge >= 0.3 is 0 Å². The second-order valence-corrected chi connectivity index (χ2v) is 7.19. The number of nitrogens with two attached hydrogens (primary N) is 1. The van der Waals surface area contributed by atoms with E-state index in [-0.39, 0.29) is 6.04 Å². The summed E-state index contributed by atoms with van der Waals surface area (Å²) in [5.41, 5.74) is 11.9. The Morgan fingerprint density at radius 3 is 2.66 bits per heavy atom. The Morgan fingerprint density at radius 2 is 1.88 bits per heavy atom. The second-order valence-electron chi connectivity index (χ2n) is 7.19. The molecule has 0 aliphatic rings. The molecule has 0 amide bonds. The second kappa shape index (κ2) is 8.66. The maximum atomic E-state index is 6.09. The minimum atomic E-state index is -0.0930. The summed E-state index contributed by atoms with van der Waals surface area (Å²) in [4.78, 5) is 12.8. The first-order valence-corrected chi connectivity index (χ1v) is 10.6. The molecule has 1 unspecified atom stereocenters. The van der Waals surface area contributed by atoms with Crippen LogP contribution in [-0.2, 0) is 0 Å². The van der Waals surface area contributed by atoms with Gasteiger partial charge in [0.1, 0.15) is 12.1 Å². The van der Waals surface area contributed by atoms with Gasteiger partial charge in [0.2, 0.25) is 5.88 Å². The van der Waals surface area contributed by atoms with Gasteiger partial charge in [0, 0.05) is 35.1 Å². The molecule has 5 rings (SSSR count). The van der Waals surface area contributed by atoms with Crippen LogP contribution in [0, 0.1) is 6.92 Å². The van der Waals surface area contributed by atoms with Crippen molar-refractivity contribution in [3.05, 3.63) is 66.4 Å². The Labute approximate surface area is 186 Å². The van der Waals surface area contributed by atoms with Gasteiger partial charge in [-0.3, -0.25) is 0 Å². The molecule has 5 aromatic heterocycles. The maximum Gasteiger partial charge on any atom is 0.213 e. The van der Waals surface area contributed by atoms with Crippen molar-refractivity contribution in [1.29, 1.82) is 0 Å². The highest BCUT2D eigenvalue weighted by Crippen LogP contribution is 2.36. The predicted molar refractivity (Wildman–Crippen MR) is 127 cm³/mol. The summed E-state index contributed by atoms with van der Waals surface area (Å²) in [5, 5.41) is 5.55. The molecule has 32 heavy (non-hydrogen) atoms. The van der Waals surface area contributed by atoms with Crippen LogP contribution in [0.5, 0.6) is 5.88 Å². The standard InChI is InChI=1S/C22H21N7O.C2H6/c1-13-19-21(23)25-12-26-22(19)29(27-13)14(2)17-11-16-6-4-5-9-28(16)20(17)15-7-8-24-18(10-15)30-3;1-2/h4-12,14H,1-3H3,(H2,23,25,26);1-2H3. The molecule has 8 heteroatoms. The lowest BCUT2D eigenvalue weighted by molar-refractivity contribution is 0.398. The minimum absolute atomic E-state index is 0.0930. The average molecular weight is 430 g/mol. The van der Waals surface area contributed by atoms with Gasteiger partial charge in [-0.05, 0) is 38.1 Å². The number of hydrogen-bond acceptors (Lipinski definition) is 6. The number of aromatic nitrogens is 6. The van der Waals surface area contributed by atoms with Crippen LogP contribution in [0.2, 0.25) is 0 Å². The van der Waals surface area contributed by atoms with E-state index < -0.39 is 0 Å². The number of nitrogen functional groups attached to an aromatic ring is 1. The van der Waals surface area contributed by atoms with E-state index in [1.54, 1.807) is 13.3 Å². The zero-order valence-electron chi connectivity index (χ0n) is 18.9. The smallest absolute Gasteiger partial charge is 0.213 e. The fraction of sp³-hybridized carbons (Fsp3) is 0.250. The van der Waals surface area contributed by atoms with Gasteiger partial charge in [-0.1, -0.05) is 19.9 Å². The zero-order valence-corrected chi connectivity index (χ0v) is 18.9. The number of rotatable bonds is 4. The third-order valence-corrected chi connectivity index (χ3v) is 5.44. The molecular formula is C24H27N7O. The van der Waals surface area contributed by atoms with Gasteiger partial charge in [0.15, 0.2) is 5.65 Å². The molecule has 8 nitrogen and oxygen atoms in total. The highest BCUT2D eigenvalue weighted by molar-refractivity contribution is 5.88. The molecular weight excluding hydrogens is 402 g/mol. The van der Waals surface area contributed by atoms with E-state index in [0.29, 0.717) is 11.7 Å². The number of methoxy groups -OCH3 is 1. The Hall–Kier alpha value is -3.94. The summed E-state index contributed by atoms with van der Waals surface area (Å²) in [6.45, 7) is 8.04. The van der Waals surface area contributed by atoms with Gasteiger partial charge in [0.05, 0.1) is 29.9 Å². The van der Waals surface area contributed by atoms with Crippen molar-refractivity contribution >= 4 is 22.4 Å². The SMILES string of the molecule is CC.COc1cc(-c2c(C(C)n3nc(C)c4c(N)ncnc43)cc3ccccn23)ccn1. The summed E-state index contributed by atoms with van der Waals surface area (Å²) in [7, 11) is 1.62. The van der Waals surface area contributed by atoms with Crippen LogP contribution >= 0.6 is 0 Å². The van der Waals surface area contributed by atoms with E-state index in [0.717, 1.165) is 39.1 Å². The van der Waals surface area contributed by atoms with Gasteiger partial charge in [0.25, 0.3) is 0 Å². The first-order valence-electron chi connectivity index (χ1n) is 10.6. The number of aryl methyl sites for hydroxylation is 1. The molecule has 1 atom stereocenters. The molecule has 0 bridgehead atoms. The first-order chi connectivity index (χ1) is 15.6. The molecule has 0 aliphatic carbocycles. The third kappa shape index (κ3) is 3.43. The lowest BCUT2D eigenvalue weighted by Gasteiger charge is -2.15. The van der Waals surface area contributed by atoms with Gasteiger partial charge < -0.3 is 14.9 Å². The topological polar surface area (TPSA) is 96.2 Å². The highest BCUT2D eigenvalue weighted by atomic mass is 16.5. The van der Waals surface area contributed by atoms with Crippen LogP contribution in [0.15, 0.2) is 55.1 Å². The summed E-state index contributed by atoms with van der Waals surface area (Å²) in [5.74, 6) is 1.01. The fourth-order valence-corrected chi connectivity index (χ4v) is 4.01. The Bertz CT molecular complexity index is 1390. The van der Waals surface area contributed by atoms with Crippen LogP contribution in [0.4, 0.5) is 5.82 Å². The number of nitrogens with zero attached hydrogens (tertiary/aromatic N) is 6. The fourth-order valence-electron chi connectivity index (χ4n) is 4.01. The van der Waals surface area contributed by atoms with E-state index in [2.05, 4.69) is 44.6 Å². The number of anilines is 1. The summed E-state index contributed by atoms with van der Waals surface area (Å²) < 4.78 is 9.44. The normalized spacial score (nSPS) is 11.9. The van der Waals surface area contributed by atoms with Crippen molar-refractivity contribution in [3.63, 3.8) is 0 Å². The van der Waals surface area contributed by atoms with E-state index in [1.807, 2.05) is 49.7 Å². The van der Waals surface area contributed by atoms with E-state index in [1.165, 1.54) is 6.33 Å². The molecule has 5 aromatic rings. The van der Waals surface area contributed by atoms with Crippen molar-refractivity contribution < 1.29 is 4.74 Å². The summed E-state index contributed by atoms with van der Waals surface area (Å²) >= 11 is 0. The molecule has 0 aromatic carbocycles. The van der Waals surface area contributed by atoms with Crippen molar-refractivity contribution in [2.24, 2.45) is 0 Å². The van der Waals surface area contributed by atoms with Gasteiger partial charge in [-0.15, -0.1) is 0 Å². The predicted octanol–water partition coefficient (Wildman–Crippen LogP) is 4.68. The van der Waals surface area contributed by atoms with Crippen LogP contribution in [0.1, 0.15) is 38.1 Å². The van der Waals surface area contributed by atoms with Crippen molar-refractivity contribution in [2.75, 3.05) is 12.8 Å². The molecule has 0 fully saturated rings. The lowest BCUT2D eigenvalue weighted by atomic mass is 10.0. The van der Waals surface area contributed by atoms with E-state index in [4.69, 9.17) is 15.6 Å². The molecule has 0 saturated heterocycles. The molecule has 5 heterocycles. The average Bonchev–Trinajstić information content (AvgIpc) is 3.39. The number of hydrogen-bond donors (Lipinski definition) is 1. The maximum absolute atomic E-state index is 6.09. The molecule has 0 spiro atoms. The molecule has 164 valence electrons. The molecule has 0 aliphatic heterocycles. The van der Waals surface area contributed by atoms with E-state index >= 15 is 0 Å². The van der Waals surface area contributed by atoms with Crippen LogP contribution in [0.25, 0.3) is 27.8 Å². The third-order valence-electron chi connectivity index (χ3n) is 5.44. The number of pyridine rings is 2. The summed E-state index contributed by atoms with van der Waals surface area (Å²) in [6, 6.07) is 12.2. The minimum Gasteiger partial charge on any atom is -0.481 e. The van der Waals surface area contributed by atoms with Crippen LogP contribution in [0.3, 0.4) is 0 Å². The first kappa shape index (κ1) is 21.3. The summed E-state index contributed by atoms with van der Waals surface area (Å²) in [6.07, 6.45) is 5.29. The molecule has 0 saturated carbocycles. The monoisotopic (exact) mass is 429 g/mol. The van der Waals surface area contributed by atoms with Gasteiger partial charge in [-0.25, -0.2) is 19.6 Å². The van der Waals surface area contributed by atoms with Crippen molar-refractivity contribution in [2.45, 2.75) is 33.7 Å². The largest absolute Gasteiger partial charge is 0.481 e. The molecule has 2 N–H and O–H groups in total. The quantitative estimate of drug-likeness (QED) is 0.446. The van der Waals surface area contributed by atoms with Crippen molar-refractivity contribution in [1.82, 2.24) is 29.1 Å². The Morgan fingerprint density at radius 1 is 1.06 bits per heavy atom. The van der Waals surface area contributed by atoms with Crippen LogP contribution < -0.4 is 10.5 Å². The zero-order chi connectivity index (χ0) is 22.8. The van der Waals surface area contributed by atoms with Crippen LogP contribution in [-0.4, -0.2) is 36.2 Å². The van der Waals surface area contributed by atoms with E-state index in [9.17, 15) is 0 Å². The van der Waals surface area contributed by atoms with Crippen molar-refractivity contribution in [3.8, 4) is 17.1 Å². The number of fused-ring (bicyclic) bond motifs is 2. The number of ether oxygens (including phenoxy) is 1. The molecule has 0 radical (unpaired) electrons. The lowest BCUT2D eigenvalue weighted by Crippen LogP contribution is -2.10. The van der Waals surface area contributed by atoms with Gasteiger partial charge in [-0.2, -0.15) is 5.10 Å². The highest BCUT2D eigenvalue weighted by Gasteiger charge is 2.23. The Kier molecular flexibility index (Phi) is 5.77. The Balaban J connectivity index is 0.00000119.